The average molecular weight is 220 g/mol. The van der Waals surface area contributed by atoms with Crippen LogP contribution in [0.4, 0.5) is 0 Å². The van der Waals surface area contributed by atoms with Gasteiger partial charge in [-0.15, -0.1) is 0 Å². The van der Waals surface area contributed by atoms with E-state index in [4.69, 9.17) is 4.74 Å². The molecule has 1 aromatic rings. The Balaban J connectivity index is 2.26. The largest absolute Gasteiger partial charge is 0.494 e. The lowest BCUT2D eigenvalue weighted by atomic mass is 10.1. The molecule has 0 spiro atoms. The van der Waals surface area contributed by atoms with Crippen LogP contribution in [0, 0.1) is 6.92 Å². The van der Waals surface area contributed by atoms with Gasteiger partial charge in [0.2, 0.25) is 0 Å². The predicted octanol–water partition coefficient (Wildman–Crippen LogP) is 2.78. The quantitative estimate of drug-likeness (QED) is 0.655. The number of hydrogen-bond acceptors (Lipinski definition) is 2. The van der Waals surface area contributed by atoms with Crippen LogP contribution in [0.1, 0.15) is 18.4 Å². The predicted molar refractivity (Wildman–Crippen MR) is 68.8 cm³/mol. The minimum atomic E-state index is 0.785. The highest BCUT2D eigenvalue weighted by Gasteiger charge is 1.96. The maximum Gasteiger partial charge on any atom is 0.119 e. The van der Waals surface area contributed by atoms with E-state index in [-0.39, 0.29) is 0 Å². The Bertz CT molecular complexity index is 279. The fourth-order valence-electron chi connectivity index (χ4n) is 1.53. The van der Waals surface area contributed by atoms with Crippen LogP contribution in [-0.4, -0.2) is 32.1 Å². The zero-order valence-corrected chi connectivity index (χ0v) is 10.4. The number of rotatable bonds is 7. The molecule has 0 heterocycles. The van der Waals surface area contributed by atoms with Crippen LogP contribution < -0.4 is 4.74 Å². The molecule has 0 atom stereocenters. The zero-order valence-electron chi connectivity index (χ0n) is 10.4. The van der Waals surface area contributed by atoms with E-state index in [2.05, 4.69) is 38.1 Å². The maximum absolute atomic E-state index is 5.65. The van der Waals surface area contributed by atoms with Crippen LogP contribution in [0.5, 0.6) is 5.75 Å². The molecule has 1 radical (unpaired) electrons. The fourth-order valence-corrected chi connectivity index (χ4v) is 1.53. The zero-order chi connectivity index (χ0) is 11.8. The number of aryl methyl sites for hydroxylation is 1. The molecule has 0 unspecified atom stereocenters. The summed E-state index contributed by atoms with van der Waals surface area (Å²) in [5.41, 5.74) is 1.33. The molecule has 89 valence electrons. The number of nitrogens with zero attached hydrogens (tertiary/aromatic N) is 1. The van der Waals surface area contributed by atoms with Crippen LogP contribution in [0.2, 0.25) is 0 Å². The van der Waals surface area contributed by atoms with Gasteiger partial charge in [-0.05, 0) is 51.1 Å². The van der Waals surface area contributed by atoms with Crippen molar-refractivity contribution in [3.8, 4) is 5.75 Å². The third-order valence-corrected chi connectivity index (χ3v) is 2.41. The van der Waals surface area contributed by atoms with Gasteiger partial charge in [-0.2, -0.15) is 0 Å². The molecule has 1 aromatic carbocycles. The van der Waals surface area contributed by atoms with Crippen LogP contribution in [0.15, 0.2) is 24.3 Å². The molecular formula is C14H22NO. The highest BCUT2D eigenvalue weighted by Crippen LogP contribution is 2.13. The Morgan fingerprint density at radius 2 is 1.88 bits per heavy atom. The molecule has 0 aliphatic heterocycles. The van der Waals surface area contributed by atoms with Crippen molar-refractivity contribution in [3.63, 3.8) is 0 Å². The second-order valence-electron chi connectivity index (χ2n) is 4.25. The molecule has 16 heavy (non-hydrogen) atoms. The SMILES string of the molecule is [CH2]CCc1ccc(OCCCN(C)C)cc1. The smallest absolute Gasteiger partial charge is 0.119 e. The summed E-state index contributed by atoms with van der Waals surface area (Å²) in [5, 5.41) is 0. The number of hydrogen-bond donors (Lipinski definition) is 0. The molecule has 2 heteroatoms. The van der Waals surface area contributed by atoms with Crippen molar-refractivity contribution in [3.05, 3.63) is 36.8 Å². The number of benzene rings is 1. The average Bonchev–Trinajstić information content (AvgIpc) is 2.27. The monoisotopic (exact) mass is 220 g/mol. The van der Waals surface area contributed by atoms with Gasteiger partial charge in [0.15, 0.2) is 0 Å². The third-order valence-electron chi connectivity index (χ3n) is 2.41. The topological polar surface area (TPSA) is 12.5 Å². The summed E-state index contributed by atoms with van der Waals surface area (Å²) in [7, 11) is 4.15. The van der Waals surface area contributed by atoms with Crippen molar-refractivity contribution in [1.29, 1.82) is 0 Å². The van der Waals surface area contributed by atoms with Crippen molar-refractivity contribution in [2.45, 2.75) is 19.3 Å². The summed E-state index contributed by atoms with van der Waals surface area (Å²) in [6, 6.07) is 8.32. The summed E-state index contributed by atoms with van der Waals surface area (Å²) in [5.74, 6) is 0.964. The van der Waals surface area contributed by atoms with Gasteiger partial charge in [-0.3, -0.25) is 0 Å². The van der Waals surface area contributed by atoms with Gasteiger partial charge in [-0.1, -0.05) is 19.1 Å². The van der Waals surface area contributed by atoms with Gasteiger partial charge in [0.05, 0.1) is 6.61 Å². The first-order valence-corrected chi connectivity index (χ1v) is 5.88. The first kappa shape index (κ1) is 13.0. The van der Waals surface area contributed by atoms with Crippen molar-refractivity contribution in [1.82, 2.24) is 4.90 Å². The lowest BCUT2D eigenvalue weighted by Crippen LogP contribution is -2.15. The summed E-state index contributed by atoms with van der Waals surface area (Å²) < 4.78 is 5.65. The van der Waals surface area contributed by atoms with Gasteiger partial charge < -0.3 is 9.64 Å². The molecule has 0 bridgehead atoms. The molecule has 2 nitrogen and oxygen atoms in total. The van der Waals surface area contributed by atoms with E-state index in [0.717, 1.165) is 38.2 Å². The summed E-state index contributed by atoms with van der Waals surface area (Å²) in [6.45, 7) is 5.70. The highest BCUT2D eigenvalue weighted by molar-refractivity contribution is 5.27. The van der Waals surface area contributed by atoms with E-state index >= 15 is 0 Å². The van der Waals surface area contributed by atoms with E-state index < -0.39 is 0 Å². The van der Waals surface area contributed by atoms with Crippen LogP contribution in [0.3, 0.4) is 0 Å². The molecule has 0 aromatic heterocycles. The van der Waals surface area contributed by atoms with Crippen molar-refractivity contribution >= 4 is 0 Å². The Morgan fingerprint density at radius 3 is 2.44 bits per heavy atom. The fraction of sp³-hybridized carbons (Fsp3) is 0.500. The first-order valence-electron chi connectivity index (χ1n) is 5.88. The summed E-state index contributed by atoms with van der Waals surface area (Å²) in [6.07, 6.45) is 3.05. The minimum absolute atomic E-state index is 0.785. The third kappa shape index (κ3) is 5.17. The van der Waals surface area contributed by atoms with Gasteiger partial charge >= 0.3 is 0 Å². The lowest BCUT2D eigenvalue weighted by Gasteiger charge is -2.10. The van der Waals surface area contributed by atoms with E-state index in [1.807, 2.05) is 12.1 Å². The van der Waals surface area contributed by atoms with Gasteiger partial charge in [-0.25, -0.2) is 0 Å². The second-order valence-corrected chi connectivity index (χ2v) is 4.25. The lowest BCUT2D eigenvalue weighted by molar-refractivity contribution is 0.281. The summed E-state index contributed by atoms with van der Waals surface area (Å²) >= 11 is 0. The Hall–Kier alpha value is -1.02. The van der Waals surface area contributed by atoms with Crippen LogP contribution in [0.25, 0.3) is 0 Å². The van der Waals surface area contributed by atoms with E-state index in [0.29, 0.717) is 0 Å². The van der Waals surface area contributed by atoms with Gasteiger partial charge in [0.25, 0.3) is 0 Å². The molecule has 0 aliphatic rings. The van der Waals surface area contributed by atoms with E-state index in [9.17, 15) is 0 Å². The highest BCUT2D eigenvalue weighted by atomic mass is 16.5. The molecule has 0 fully saturated rings. The molecule has 0 N–H and O–H groups in total. The summed E-state index contributed by atoms with van der Waals surface area (Å²) in [4.78, 5) is 2.17. The Morgan fingerprint density at radius 1 is 1.19 bits per heavy atom. The Labute approximate surface area is 99.2 Å². The molecule has 0 aliphatic carbocycles. The molecule has 0 saturated carbocycles. The Kier molecular flexibility index (Phi) is 5.94. The second kappa shape index (κ2) is 7.29. The molecular weight excluding hydrogens is 198 g/mol. The minimum Gasteiger partial charge on any atom is -0.494 e. The van der Waals surface area contributed by atoms with Gasteiger partial charge in [0, 0.05) is 6.54 Å². The normalized spacial score (nSPS) is 10.8. The first-order chi connectivity index (χ1) is 7.72. The van der Waals surface area contributed by atoms with Crippen LogP contribution in [-0.2, 0) is 6.42 Å². The van der Waals surface area contributed by atoms with Crippen molar-refractivity contribution in [2.24, 2.45) is 0 Å². The van der Waals surface area contributed by atoms with E-state index in [1.165, 1.54) is 5.56 Å². The van der Waals surface area contributed by atoms with Crippen molar-refractivity contribution < 1.29 is 4.74 Å². The molecule has 0 amide bonds. The van der Waals surface area contributed by atoms with Crippen LogP contribution >= 0.6 is 0 Å². The van der Waals surface area contributed by atoms with Crippen molar-refractivity contribution in [2.75, 3.05) is 27.2 Å². The molecule has 0 saturated heterocycles. The maximum atomic E-state index is 5.65. The number of ether oxygens (including phenoxy) is 1. The standard InChI is InChI=1S/C14H22NO/c1-4-6-13-7-9-14(10-8-13)16-12-5-11-15(2)3/h7-10H,1,4-6,11-12H2,2-3H3. The van der Waals surface area contributed by atoms with E-state index in [1.54, 1.807) is 0 Å². The van der Waals surface area contributed by atoms with Gasteiger partial charge in [0.1, 0.15) is 5.75 Å². The molecule has 1 rings (SSSR count).